The zero-order chi connectivity index (χ0) is 25.0. The number of amides is 1. The second-order valence-electron chi connectivity index (χ2n) is 8.67. The van der Waals surface area contributed by atoms with Gasteiger partial charge in [0.15, 0.2) is 0 Å². The van der Waals surface area contributed by atoms with E-state index in [0.717, 1.165) is 0 Å². The smallest absolute Gasteiger partial charge is 0.303 e. The van der Waals surface area contributed by atoms with E-state index >= 15 is 0 Å². The fourth-order valence-corrected chi connectivity index (χ4v) is 4.41. The molecule has 2 aliphatic heterocycles. The van der Waals surface area contributed by atoms with Crippen molar-refractivity contribution in [3.8, 4) is 11.5 Å². The van der Waals surface area contributed by atoms with Gasteiger partial charge in [-0.2, -0.15) is 0 Å². The number of para-hydroxylation sites is 1. The minimum Gasteiger partial charge on any atom is -0.481 e. The van der Waals surface area contributed by atoms with Gasteiger partial charge >= 0.3 is 5.97 Å². The molecule has 0 aliphatic carbocycles. The van der Waals surface area contributed by atoms with E-state index in [0.29, 0.717) is 43.1 Å². The topological polar surface area (TPSA) is 155 Å². The van der Waals surface area contributed by atoms with Crippen LogP contribution in [0.3, 0.4) is 0 Å². The number of benzene rings is 2. The minimum absolute atomic E-state index is 0.0146. The standard InChI is InChI=1S/C24H30N4O7/c29-19-15-28(14-13-27(19)12-4-7-20(30)31)21-22(32)25-24(34,26-23(21)33)16-8-10-18(11-9-16)35-17-5-2-1-3-6-17/h1-3,5-6,8-11,21-23,25-26,32-34H,4,7,12-15H2,(H,30,31). The van der Waals surface area contributed by atoms with Crippen molar-refractivity contribution in [1.82, 2.24) is 20.4 Å². The number of aliphatic hydroxyl groups is 3. The van der Waals surface area contributed by atoms with Gasteiger partial charge in [0.2, 0.25) is 11.8 Å². The molecule has 35 heavy (non-hydrogen) atoms. The van der Waals surface area contributed by atoms with Gasteiger partial charge in [-0.3, -0.25) is 14.5 Å². The molecule has 2 aromatic rings. The molecule has 6 N–H and O–H groups in total. The predicted molar refractivity (Wildman–Crippen MR) is 124 cm³/mol. The van der Waals surface area contributed by atoms with Crippen molar-refractivity contribution in [3.63, 3.8) is 0 Å². The summed E-state index contributed by atoms with van der Waals surface area (Å²) in [6.45, 7) is 1.03. The maximum Gasteiger partial charge on any atom is 0.303 e. The van der Waals surface area contributed by atoms with Crippen LogP contribution in [0.1, 0.15) is 18.4 Å². The Morgan fingerprint density at radius 3 is 2.23 bits per heavy atom. The van der Waals surface area contributed by atoms with E-state index in [2.05, 4.69) is 10.6 Å². The van der Waals surface area contributed by atoms with Crippen LogP contribution < -0.4 is 15.4 Å². The third kappa shape index (κ3) is 5.96. The van der Waals surface area contributed by atoms with Crippen molar-refractivity contribution in [2.24, 2.45) is 0 Å². The average molecular weight is 487 g/mol. The highest BCUT2D eigenvalue weighted by molar-refractivity contribution is 5.79. The Bertz CT molecular complexity index is 1010. The third-order valence-corrected chi connectivity index (χ3v) is 6.20. The second kappa shape index (κ2) is 10.7. The summed E-state index contributed by atoms with van der Waals surface area (Å²) in [5.74, 6) is -1.82. The number of carboxylic acid groups (broad SMARTS) is 1. The van der Waals surface area contributed by atoms with Gasteiger partial charge in [-0.15, -0.1) is 0 Å². The van der Waals surface area contributed by atoms with Crippen molar-refractivity contribution in [2.45, 2.75) is 37.2 Å². The molecule has 0 aromatic heterocycles. The predicted octanol–water partition coefficient (Wildman–Crippen LogP) is -0.211. The van der Waals surface area contributed by atoms with Crippen molar-refractivity contribution in [2.75, 3.05) is 26.2 Å². The summed E-state index contributed by atoms with van der Waals surface area (Å²) in [6.07, 6.45) is -2.34. The summed E-state index contributed by atoms with van der Waals surface area (Å²) in [6, 6.07) is 14.9. The summed E-state index contributed by atoms with van der Waals surface area (Å²) in [5, 5.41) is 46.8. The van der Waals surface area contributed by atoms with Crippen LogP contribution in [0.2, 0.25) is 0 Å². The zero-order valence-corrected chi connectivity index (χ0v) is 19.1. The number of carbonyl (C=O) groups excluding carboxylic acids is 1. The van der Waals surface area contributed by atoms with Gasteiger partial charge < -0.3 is 30.1 Å². The molecule has 2 saturated heterocycles. The molecule has 11 heteroatoms. The van der Waals surface area contributed by atoms with Gasteiger partial charge in [0, 0.05) is 31.6 Å². The van der Waals surface area contributed by atoms with Crippen LogP contribution in [-0.4, -0.2) is 86.8 Å². The largest absolute Gasteiger partial charge is 0.481 e. The van der Waals surface area contributed by atoms with Gasteiger partial charge in [0.05, 0.1) is 12.6 Å². The van der Waals surface area contributed by atoms with Crippen molar-refractivity contribution in [3.05, 3.63) is 60.2 Å². The highest BCUT2D eigenvalue weighted by atomic mass is 16.5. The number of aliphatic hydroxyl groups excluding tert-OH is 2. The van der Waals surface area contributed by atoms with Crippen LogP contribution in [0.5, 0.6) is 11.5 Å². The average Bonchev–Trinajstić information content (AvgIpc) is 2.81. The number of carbonyl (C=O) groups is 2. The first kappa shape index (κ1) is 25.0. The summed E-state index contributed by atoms with van der Waals surface area (Å²) in [5.41, 5.74) is 0.355. The minimum atomic E-state index is -1.91. The Morgan fingerprint density at radius 2 is 1.63 bits per heavy atom. The lowest BCUT2D eigenvalue weighted by Gasteiger charge is -2.49. The molecule has 0 spiro atoms. The number of hydrogen-bond donors (Lipinski definition) is 6. The van der Waals surface area contributed by atoms with Gasteiger partial charge in [0.25, 0.3) is 0 Å². The number of nitrogens with zero attached hydrogens (tertiary/aromatic N) is 2. The SMILES string of the molecule is O=C(O)CCCN1CCN(C2C(O)NC(O)(c3ccc(Oc4ccccc4)cc3)NC2O)CC1=O. The van der Waals surface area contributed by atoms with Crippen molar-refractivity contribution < 1.29 is 34.8 Å². The fraction of sp³-hybridized carbons (Fsp3) is 0.417. The van der Waals surface area contributed by atoms with Crippen molar-refractivity contribution >= 4 is 11.9 Å². The first-order chi connectivity index (χ1) is 16.7. The number of aliphatic carboxylic acids is 1. The van der Waals surface area contributed by atoms with Gasteiger partial charge in [0.1, 0.15) is 24.0 Å². The lowest BCUT2D eigenvalue weighted by molar-refractivity contribution is -0.193. The molecule has 2 aliphatic rings. The molecular formula is C24H30N4O7. The Kier molecular flexibility index (Phi) is 7.65. The Labute approximate surface area is 202 Å². The molecule has 0 radical (unpaired) electrons. The Balaban J connectivity index is 1.36. The molecule has 2 aromatic carbocycles. The molecule has 11 nitrogen and oxygen atoms in total. The third-order valence-electron chi connectivity index (χ3n) is 6.20. The Morgan fingerprint density at radius 1 is 1.00 bits per heavy atom. The number of hydrogen-bond acceptors (Lipinski definition) is 9. The zero-order valence-electron chi connectivity index (χ0n) is 19.1. The van der Waals surface area contributed by atoms with Crippen molar-refractivity contribution in [1.29, 1.82) is 0 Å². The van der Waals surface area contributed by atoms with E-state index in [4.69, 9.17) is 9.84 Å². The number of rotatable bonds is 8. The molecule has 2 atom stereocenters. The fourth-order valence-electron chi connectivity index (χ4n) is 4.41. The first-order valence-electron chi connectivity index (χ1n) is 11.5. The lowest BCUT2D eigenvalue weighted by atomic mass is 10.0. The molecule has 4 rings (SSSR count). The number of piperazine rings is 1. The van der Waals surface area contributed by atoms with E-state index < -0.39 is 30.3 Å². The van der Waals surface area contributed by atoms with Crippen LogP contribution in [0.25, 0.3) is 0 Å². The first-order valence-corrected chi connectivity index (χ1v) is 11.5. The van der Waals surface area contributed by atoms with E-state index in [-0.39, 0.29) is 18.9 Å². The summed E-state index contributed by atoms with van der Waals surface area (Å²) >= 11 is 0. The molecule has 2 heterocycles. The lowest BCUT2D eigenvalue weighted by Crippen LogP contribution is -2.76. The van der Waals surface area contributed by atoms with Crippen LogP contribution >= 0.6 is 0 Å². The van der Waals surface area contributed by atoms with Gasteiger partial charge in [-0.05, 0) is 42.8 Å². The molecule has 188 valence electrons. The van der Waals surface area contributed by atoms with Crippen LogP contribution in [0, 0.1) is 0 Å². The summed E-state index contributed by atoms with van der Waals surface area (Å²) in [4.78, 5) is 26.4. The Hall–Kier alpha value is -3.06. The maximum atomic E-state index is 12.5. The monoisotopic (exact) mass is 486 g/mol. The molecule has 1 amide bonds. The summed E-state index contributed by atoms with van der Waals surface area (Å²) in [7, 11) is 0. The number of ether oxygens (including phenoxy) is 1. The van der Waals surface area contributed by atoms with Crippen LogP contribution in [-0.2, 0) is 15.4 Å². The summed E-state index contributed by atoms with van der Waals surface area (Å²) < 4.78 is 5.75. The van der Waals surface area contributed by atoms with E-state index in [1.54, 1.807) is 34.1 Å². The van der Waals surface area contributed by atoms with Gasteiger partial charge in [-0.1, -0.05) is 18.2 Å². The molecule has 0 bridgehead atoms. The van der Waals surface area contributed by atoms with Crippen LogP contribution in [0.4, 0.5) is 0 Å². The number of carboxylic acids is 1. The quantitative estimate of drug-likeness (QED) is 0.295. The second-order valence-corrected chi connectivity index (χ2v) is 8.67. The molecule has 0 saturated carbocycles. The van der Waals surface area contributed by atoms with Crippen LogP contribution in [0.15, 0.2) is 54.6 Å². The molecular weight excluding hydrogens is 456 g/mol. The molecule has 2 fully saturated rings. The van der Waals surface area contributed by atoms with E-state index in [1.165, 1.54) is 0 Å². The highest BCUT2D eigenvalue weighted by Crippen LogP contribution is 2.28. The maximum absolute atomic E-state index is 12.5. The normalized spacial score (nSPS) is 27.6. The van der Waals surface area contributed by atoms with Gasteiger partial charge in [-0.25, -0.2) is 10.6 Å². The number of nitrogens with one attached hydrogen (secondary N) is 2. The highest BCUT2D eigenvalue weighted by Gasteiger charge is 2.47. The van der Waals surface area contributed by atoms with E-state index in [9.17, 15) is 24.9 Å². The molecule has 2 unspecified atom stereocenters. The van der Waals surface area contributed by atoms with E-state index in [1.807, 2.05) is 30.3 Å².